The number of amides is 1. The molecule has 2 aromatic rings. The number of nitrogens with zero attached hydrogens (tertiary/aromatic N) is 3. The molecule has 0 spiro atoms. The van der Waals surface area contributed by atoms with Gasteiger partial charge in [0.2, 0.25) is 5.91 Å². The van der Waals surface area contributed by atoms with Gasteiger partial charge < -0.3 is 14.9 Å². The van der Waals surface area contributed by atoms with Gasteiger partial charge in [0.15, 0.2) is 5.13 Å². The molecule has 124 valence electrons. The van der Waals surface area contributed by atoms with Crippen molar-refractivity contribution in [1.29, 1.82) is 0 Å². The largest absolute Gasteiger partial charge is 0.393 e. The molecule has 1 amide bonds. The van der Waals surface area contributed by atoms with Gasteiger partial charge in [-0.25, -0.2) is 4.98 Å². The molecule has 5 nitrogen and oxygen atoms in total. The number of thiazole rings is 1. The van der Waals surface area contributed by atoms with Gasteiger partial charge in [0.25, 0.3) is 0 Å². The van der Waals surface area contributed by atoms with Crippen LogP contribution in [0.15, 0.2) is 12.1 Å². The number of rotatable bonds is 3. The summed E-state index contributed by atoms with van der Waals surface area (Å²) in [5.74, 6) is 0.104. The average molecular weight is 333 g/mol. The number of aryl methyl sites for hydroxylation is 2. The number of hydrogen-bond donors (Lipinski definition) is 1. The maximum absolute atomic E-state index is 12.4. The number of hydrogen-bond acceptors (Lipinski definition) is 5. The zero-order valence-electron chi connectivity index (χ0n) is 13.9. The molecule has 1 N–H and O–H groups in total. The van der Waals surface area contributed by atoms with Crippen molar-refractivity contribution in [3.63, 3.8) is 0 Å². The highest BCUT2D eigenvalue weighted by atomic mass is 32.1. The Morgan fingerprint density at radius 3 is 2.65 bits per heavy atom. The van der Waals surface area contributed by atoms with Crippen LogP contribution < -0.4 is 4.90 Å². The lowest BCUT2D eigenvalue weighted by atomic mass is 10.1. The second-order valence-corrected chi connectivity index (χ2v) is 7.32. The highest BCUT2D eigenvalue weighted by Gasteiger charge is 2.23. The second kappa shape index (κ2) is 6.45. The lowest BCUT2D eigenvalue weighted by Gasteiger charge is -2.30. The van der Waals surface area contributed by atoms with Gasteiger partial charge in [0.05, 0.1) is 22.9 Å². The third-order valence-corrected chi connectivity index (χ3v) is 5.75. The summed E-state index contributed by atoms with van der Waals surface area (Å²) in [6.07, 6.45) is 1.09. The molecule has 1 aromatic heterocycles. The molecule has 1 saturated heterocycles. The molecule has 0 unspecified atom stereocenters. The highest BCUT2D eigenvalue weighted by molar-refractivity contribution is 7.22. The lowest BCUT2D eigenvalue weighted by Crippen LogP contribution is -2.44. The van der Waals surface area contributed by atoms with Gasteiger partial charge in [-0.05, 0) is 37.8 Å². The summed E-state index contributed by atoms with van der Waals surface area (Å²) in [6, 6.07) is 4.20. The number of aromatic nitrogens is 1. The van der Waals surface area contributed by atoms with Gasteiger partial charge in [-0.3, -0.25) is 4.79 Å². The van der Waals surface area contributed by atoms with Gasteiger partial charge in [0, 0.05) is 20.1 Å². The van der Waals surface area contributed by atoms with E-state index in [1.165, 1.54) is 10.3 Å². The molecule has 0 radical (unpaired) electrons. The number of anilines is 1. The van der Waals surface area contributed by atoms with Crippen LogP contribution in [0.3, 0.4) is 0 Å². The molecule has 1 fully saturated rings. The maximum Gasteiger partial charge on any atom is 0.242 e. The minimum absolute atomic E-state index is 0.104. The first kappa shape index (κ1) is 16.2. The molecule has 1 aliphatic heterocycles. The molecule has 0 bridgehead atoms. The summed E-state index contributed by atoms with van der Waals surface area (Å²) >= 11 is 1.64. The summed E-state index contributed by atoms with van der Waals surface area (Å²) in [4.78, 5) is 20.9. The van der Waals surface area contributed by atoms with E-state index in [9.17, 15) is 9.90 Å². The predicted molar refractivity (Wildman–Crippen MR) is 94.2 cm³/mol. The summed E-state index contributed by atoms with van der Waals surface area (Å²) < 4.78 is 1.19. The molecular weight excluding hydrogens is 310 g/mol. The van der Waals surface area contributed by atoms with Crippen LogP contribution in [0.25, 0.3) is 10.2 Å². The van der Waals surface area contributed by atoms with E-state index in [4.69, 9.17) is 4.98 Å². The van der Waals surface area contributed by atoms with Crippen LogP contribution in [0.1, 0.15) is 24.0 Å². The summed E-state index contributed by atoms with van der Waals surface area (Å²) in [5.41, 5.74) is 3.42. The molecule has 0 aliphatic carbocycles. The molecule has 0 atom stereocenters. The van der Waals surface area contributed by atoms with Gasteiger partial charge >= 0.3 is 0 Å². The number of carbonyl (C=O) groups is 1. The van der Waals surface area contributed by atoms with Crippen LogP contribution in [0, 0.1) is 13.8 Å². The highest BCUT2D eigenvalue weighted by Crippen LogP contribution is 2.32. The van der Waals surface area contributed by atoms with Crippen molar-refractivity contribution in [2.75, 3.05) is 31.6 Å². The van der Waals surface area contributed by atoms with Gasteiger partial charge in [-0.2, -0.15) is 0 Å². The van der Waals surface area contributed by atoms with Crippen LogP contribution in [-0.2, 0) is 4.79 Å². The number of benzene rings is 1. The van der Waals surface area contributed by atoms with Gasteiger partial charge in [-0.15, -0.1) is 0 Å². The maximum atomic E-state index is 12.4. The van der Waals surface area contributed by atoms with Crippen molar-refractivity contribution >= 4 is 32.6 Å². The third kappa shape index (κ3) is 3.33. The molecule has 6 heteroatoms. The van der Waals surface area contributed by atoms with E-state index in [0.717, 1.165) is 16.2 Å². The summed E-state index contributed by atoms with van der Waals surface area (Å²) in [7, 11) is 1.92. The van der Waals surface area contributed by atoms with Crippen LogP contribution in [0.5, 0.6) is 0 Å². The Hall–Kier alpha value is -1.66. The number of aliphatic hydroxyl groups is 1. The second-order valence-electron chi connectivity index (χ2n) is 6.34. The van der Waals surface area contributed by atoms with Crippen LogP contribution >= 0.6 is 11.3 Å². The van der Waals surface area contributed by atoms with E-state index in [2.05, 4.69) is 26.0 Å². The Morgan fingerprint density at radius 1 is 1.35 bits per heavy atom. The zero-order chi connectivity index (χ0) is 16.6. The van der Waals surface area contributed by atoms with Crippen molar-refractivity contribution in [2.24, 2.45) is 0 Å². The fraction of sp³-hybridized carbons (Fsp3) is 0.529. The van der Waals surface area contributed by atoms with Gasteiger partial charge in [0.1, 0.15) is 0 Å². The number of likely N-dealkylation sites (N-methyl/N-ethyl adjacent to an activating group) is 1. The molecular formula is C17H23N3O2S. The summed E-state index contributed by atoms with van der Waals surface area (Å²) in [6.45, 7) is 5.77. The van der Waals surface area contributed by atoms with Crippen LogP contribution in [0.2, 0.25) is 0 Å². The topological polar surface area (TPSA) is 56.7 Å². The van der Waals surface area contributed by atoms with Crippen molar-refractivity contribution in [1.82, 2.24) is 9.88 Å². The van der Waals surface area contributed by atoms with E-state index in [0.29, 0.717) is 32.5 Å². The third-order valence-electron chi connectivity index (χ3n) is 4.45. The van der Waals surface area contributed by atoms with Gasteiger partial charge in [-0.1, -0.05) is 23.5 Å². The number of carbonyl (C=O) groups excluding carboxylic acids is 1. The standard InChI is InChI=1S/C17H23N3O2S/c1-11-4-5-12(2)16-15(11)18-17(23-16)19(3)10-14(22)20-8-6-13(21)7-9-20/h4-5,13,21H,6-10H2,1-3H3. The van der Waals surface area contributed by atoms with E-state index < -0.39 is 0 Å². The quantitative estimate of drug-likeness (QED) is 0.937. The van der Waals surface area contributed by atoms with E-state index in [1.54, 1.807) is 11.3 Å². The molecule has 23 heavy (non-hydrogen) atoms. The molecule has 3 rings (SSSR count). The van der Waals surface area contributed by atoms with E-state index in [-0.39, 0.29) is 12.0 Å². The van der Waals surface area contributed by atoms with Crippen molar-refractivity contribution in [3.8, 4) is 0 Å². The lowest BCUT2D eigenvalue weighted by molar-refractivity contribution is -0.131. The van der Waals surface area contributed by atoms with E-state index in [1.807, 2.05) is 16.8 Å². The first-order valence-electron chi connectivity index (χ1n) is 7.99. The Morgan fingerprint density at radius 2 is 2.00 bits per heavy atom. The van der Waals surface area contributed by atoms with Crippen LogP contribution in [-0.4, -0.2) is 53.7 Å². The predicted octanol–water partition coefficient (Wildman–Crippen LogP) is 2.33. The monoisotopic (exact) mass is 333 g/mol. The Labute approximate surface area is 140 Å². The minimum Gasteiger partial charge on any atom is -0.393 e. The Balaban J connectivity index is 1.73. The fourth-order valence-corrected chi connectivity index (χ4v) is 3.97. The number of piperidine rings is 1. The Bertz CT molecular complexity index is 681. The summed E-state index contributed by atoms with van der Waals surface area (Å²) in [5, 5.41) is 10.4. The van der Waals surface area contributed by atoms with Crippen molar-refractivity contribution in [2.45, 2.75) is 32.8 Å². The molecule has 2 heterocycles. The normalized spacial score (nSPS) is 16.1. The Kier molecular flexibility index (Phi) is 4.55. The number of fused-ring (bicyclic) bond motifs is 1. The molecule has 1 aromatic carbocycles. The van der Waals surface area contributed by atoms with Crippen molar-refractivity contribution in [3.05, 3.63) is 23.3 Å². The SMILES string of the molecule is Cc1ccc(C)c2sc(N(C)CC(=O)N3CCC(O)CC3)nc12. The molecule has 0 saturated carbocycles. The zero-order valence-corrected chi connectivity index (χ0v) is 14.7. The minimum atomic E-state index is -0.257. The van der Waals surface area contributed by atoms with Crippen LogP contribution in [0.4, 0.5) is 5.13 Å². The average Bonchev–Trinajstić information content (AvgIpc) is 2.98. The number of aliphatic hydroxyl groups excluding tert-OH is 1. The van der Waals surface area contributed by atoms with Crippen molar-refractivity contribution < 1.29 is 9.90 Å². The molecule has 1 aliphatic rings. The fourth-order valence-electron chi connectivity index (χ4n) is 2.90. The first-order valence-corrected chi connectivity index (χ1v) is 8.81. The number of likely N-dealkylation sites (tertiary alicyclic amines) is 1. The smallest absolute Gasteiger partial charge is 0.242 e. The van der Waals surface area contributed by atoms with E-state index >= 15 is 0 Å². The first-order chi connectivity index (χ1) is 11.0.